The van der Waals surface area contributed by atoms with Gasteiger partial charge in [0.1, 0.15) is 0 Å². The van der Waals surface area contributed by atoms with Crippen LogP contribution >= 0.6 is 12.2 Å². The summed E-state index contributed by atoms with van der Waals surface area (Å²) >= 11 is 5.15. The molecule has 0 saturated heterocycles. The van der Waals surface area contributed by atoms with Gasteiger partial charge in [-0.1, -0.05) is 32.0 Å². The summed E-state index contributed by atoms with van der Waals surface area (Å²) in [6.45, 7) is 8.01. The lowest BCUT2D eigenvalue weighted by Crippen LogP contribution is -2.47. The normalized spacial score (nSPS) is 10.3. The molecule has 0 saturated carbocycles. The first-order chi connectivity index (χ1) is 13.3. The quantitative estimate of drug-likeness (QED) is 0.459. The van der Waals surface area contributed by atoms with Gasteiger partial charge in [-0.05, 0) is 72.9 Å². The molecule has 0 aliphatic carbocycles. The second kappa shape index (κ2) is 9.85. The molecule has 6 nitrogen and oxygen atoms in total. The SMILES string of the molecule is Cc1ccc(C(=O)NCC(=O)NNC(=S)Nc2ccc(C(C)C)cc2)cc1C. The summed E-state index contributed by atoms with van der Waals surface area (Å²) in [6, 6.07) is 13.3. The first kappa shape index (κ1) is 21.4. The zero-order valence-electron chi connectivity index (χ0n) is 16.6. The van der Waals surface area contributed by atoms with E-state index in [-0.39, 0.29) is 17.6 Å². The van der Waals surface area contributed by atoms with Gasteiger partial charge in [-0.2, -0.15) is 0 Å². The van der Waals surface area contributed by atoms with Gasteiger partial charge in [-0.3, -0.25) is 20.4 Å². The minimum atomic E-state index is -0.406. The molecule has 28 heavy (non-hydrogen) atoms. The van der Waals surface area contributed by atoms with E-state index in [0.29, 0.717) is 11.5 Å². The molecule has 2 rings (SSSR count). The minimum Gasteiger partial charge on any atom is -0.343 e. The van der Waals surface area contributed by atoms with Crippen LogP contribution in [0.25, 0.3) is 0 Å². The van der Waals surface area contributed by atoms with Crippen molar-refractivity contribution in [1.29, 1.82) is 0 Å². The molecule has 0 heterocycles. The predicted octanol–water partition coefficient (Wildman–Crippen LogP) is 3.17. The highest BCUT2D eigenvalue weighted by molar-refractivity contribution is 7.80. The summed E-state index contributed by atoms with van der Waals surface area (Å²) in [4.78, 5) is 24.0. The number of hydrogen-bond donors (Lipinski definition) is 4. The third-order valence-corrected chi connectivity index (χ3v) is 4.53. The molecule has 2 aromatic carbocycles. The monoisotopic (exact) mass is 398 g/mol. The van der Waals surface area contributed by atoms with Gasteiger partial charge >= 0.3 is 0 Å². The number of aryl methyl sites for hydroxylation is 2. The van der Waals surface area contributed by atoms with Crippen molar-refractivity contribution in [3.63, 3.8) is 0 Å². The van der Waals surface area contributed by atoms with Crippen molar-refractivity contribution in [2.24, 2.45) is 0 Å². The first-order valence-electron chi connectivity index (χ1n) is 9.07. The largest absolute Gasteiger partial charge is 0.343 e. The van der Waals surface area contributed by atoms with E-state index in [4.69, 9.17) is 12.2 Å². The van der Waals surface area contributed by atoms with Crippen LogP contribution in [0.2, 0.25) is 0 Å². The Labute approximate surface area is 171 Å². The Bertz CT molecular complexity index is 863. The molecule has 0 radical (unpaired) electrons. The second-order valence-corrected chi connectivity index (χ2v) is 7.29. The van der Waals surface area contributed by atoms with Crippen LogP contribution in [-0.4, -0.2) is 23.5 Å². The smallest absolute Gasteiger partial charge is 0.257 e. The van der Waals surface area contributed by atoms with Gasteiger partial charge in [-0.25, -0.2) is 0 Å². The van der Waals surface area contributed by atoms with Crippen molar-refractivity contribution in [3.8, 4) is 0 Å². The number of carbonyl (C=O) groups excluding carboxylic acids is 2. The van der Waals surface area contributed by atoms with Gasteiger partial charge in [0.25, 0.3) is 11.8 Å². The summed E-state index contributed by atoms with van der Waals surface area (Å²) in [6.07, 6.45) is 0. The van der Waals surface area contributed by atoms with Gasteiger partial charge in [0.15, 0.2) is 5.11 Å². The van der Waals surface area contributed by atoms with Crippen molar-refractivity contribution in [2.75, 3.05) is 11.9 Å². The maximum absolute atomic E-state index is 12.1. The Kier molecular flexibility index (Phi) is 7.52. The molecular formula is C21H26N4O2S. The standard InChI is InChI=1S/C21H26N4O2S/c1-13(2)16-7-9-18(10-8-16)23-21(28)25-24-19(26)12-22-20(27)17-6-5-14(3)15(4)11-17/h5-11,13H,12H2,1-4H3,(H,22,27)(H,24,26)(H2,23,25,28). The lowest BCUT2D eigenvalue weighted by molar-refractivity contribution is -0.120. The molecule has 0 bridgehead atoms. The molecule has 0 atom stereocenters. The number of carbonyl (C=O) groups is 2. The zero-order valence-corrected chi connectivity index (χ0v) is 17.4. The molecule has 2 aromatic rings. The second-order valence-electron chi connectivity index (χ2n) is 6.89. The maximum atomic E-state index is 12.1. The number of benzene rings is 2. The van der Waals surface area contributed by atoms with Crippen LogP contribution in [0.5, 0.6) is 0 Å². The maximum Gasteiger partial charge on any atom is 0.257 e. The highest BCUT2D eigenvalue weighted by Gasteiger charge is 2.09. The predicted molar refractivity (Wildman–Crippen MR) is 116 cm³/mol. The van der Waals surface area contributed by atoms with Gasteiger partial charge in [0.05, 0.1) is 6.54 Å². The Balaban J connectivity index is 1.74. The Morgan fingerprint density at radius 1 is 0.964 bits per heavy atom. The number of nitrogens with one attached hydrogen (secondary N) is 4. The van der Waals surface area contributed by atoms with Crippen molar-refractivity contribution >= 4 is 34.8 Å². The average molecular weight is 399 g/mol. The molecule has 0 aromatic heterocycles. The van der Waals surface area contributed by atoms with Crippen molar-refractivity contribution in [1.82, 2.24) is 16.2 Å². The van der Waals surface area contributed by atoms with Crippen LogP contribution in [0.1, 0.15) is 46.8 Å². The van der Waals surface area contributed by atoms with Crippen molar-refractivity contribution in [2.45, 2.75) is 33.6 Å². The molecule has 0 fully saturated rings. The lowest BCUT2D eigenvalue weighted by atomic mass is 10.0. The van der Waals surface area contributed by atoms with Crippen molar-refractivity contribution < 1.29 is 9.59 Å². The van der Waals surface area contributed by atoms with E-state index in [2.05, 4.69) is 35.3 Å². The van der Waals surface area contributed by atoms with Gasteiger partial charge < -0.3 is 10.6 Å². The Morgan fingerprint density at radius 3 is 2.25 bits per heavy atom. The van der Waals surface area contributed by atoms with Crippen LogP contribution in [0, 0.1) is 13.8 Å². The molecule has 0 spiro atoms. The van der Waals surface area contributed by atoms with E-state index in [1.54, 1.807) is 12.1 Å². The average Bonchev–Trinajstić information content (AvgIpc) is 2.67. The number of amides is 2. The van der Waals surface area contributed by atoms with Crippen LogP contribution in [0.15, 0.2) is 42.5 Å². The van der Waals surface area contributed by atoms with E-state index in [0.717, 1.165) is 16.8 Å². The topological polar surface area (TPSA) is 82.3 Å². The zero-order chi connectivity index (χ0) is 20.7. The third-order valence-electron chi connectivity index (χ3n) is 4.33. The summed E-state index contributed by atoms with van der Waals surface area (Å²) in [5, 5.41) is 5.82. The summed E-state index contributed by atoms with van der Waals surface area (Å²) in [7, 11) is 0. The van der Waals surface area contributed by atoms with E-state index in [1.165, 1.54) is 5.56 Å². The van der Waals surface area contributed by atoms with Crippen LogP contribution in [0.4, 0.5) is 5.69 Å². The summed E-state index contributed by atoms with van der Waals surface area (Å²) in [5.74, 6) is -0.252. The highest BCUT2D eigenvalue weighted by Crippen LogP contribution is 2.16. The molecule has 0 unspecified atom stereocenters. The van der Waals surface area contributed by atoms with E-state index in [1.807, 2.05) is 44.2 Å². The van der Waals surface area contributed by atoms with E-state index < -0.39 is 5.91 Å². The summed E-state index contributed by atoms with van der Waals surface area (Å²) in [5.41, 5.74) is 9.78. The van der Waals surface area contributed by atoms with Crippen LogP contribution in [-0.2, 0) is 4.79 Å². The molecule has 2 amide bonds. The fourth-order valence-electron chi connectivity index (χ4n) is 2.43. The molecule has 0 aliphatic heterocycles. The van der Waals surface area contributed by atoms with Crippen LogP contribution < -0.4 is 21.5 Å². The van der Waals surface area contributed by atoms with Gasteiger partial charge in [0, 0.05) is 11.3 Å². The third kappa shape index (κ3) is 6.35. The number of rotatable bonds is 5. The number of thiocarbonyl (C=S) groups is 1. The van der Waals surface area contributed by atoms with Crippen LogP contribution in [0.3, 0.4) is 0 Å². The van der Waals surface area contributed by atoms with E-state index >= 15 is 0 Å². The van der Waals surface area contributed by atoms with Gasteiger partial charge in [0.2, 0.25) is 0 Å². The Morgan fingerprint density at radius 2 is 1.64 bits per heavy atom. The number of hydrogen-bond acceptors (Lipinski definition) is 3. The molecule has 7 heteroatoms. The van der Waals surface area contributed by atoms with Gasteiger partial charge in [-0.15, -0.1) is 0 Å². The molecule has 148 valence electrons. The number of hydrazine groups is 1. The van der Waals surface area contributed by atoms with E-state index in [9.17, 15) is 9.59 Å². The minimum absolute atomic E-state index is 0.162. The molecule has 0 aliphatic rings. The fraction of sp³-hybridized carbons (Fsp3) is 0.286. The lowest BCUT2D eigenvalue weighted by Gasteiger charge is -2.13. The first-order valence-corrected chi connectivity index (χ1v) is 9.48. The molecular weight excluding hydrogens is 372 g/mol. The summed E-state index contributed by atoms with van der Waals surface area (Å²) < 4.78 is 0. The molecule has 4 N–H and O–H groups in total. The van der Waals surface area contributed by atoms with Crippen molar-refractivity contribution in [3.05, 3.63) is 64.7 Å². The fourth-order valence-corrected chi connectivity index (χ4v) is 2.60. The Hall–Kier alpha value is -2.93. The highest BCUT2D eigenvalue weighted by atomic mass is 32.1. The number of anilines is 1.